The summed E-state index contributed by atoms with van der Waals surface area (Å²) in [5.74, 6) is 0.0438. The van der Waals surface area contributed by atoms with Crippen molar-refractivity contribution in [1.29, 1.82) is 0 Å². The molecule has 1 aromatic heterocycles. The summed E-state index contributed by atoms with van der Waals surface area (Å²) < 4.78 is 0. The Morgan fingerprint density at radius 2 is 2.22 bits per heavy atom. The second kappa shape index (κ2) is 5.07. The smallest absolute Gasteiger partial charge is 0.257 e. The predicted octanol–water partition coefficient (Wildman–Crippen LogP) is -0.259. The number of aromatic amines is 1. The summed E-state index contributed by atoms with van der Waals surface area (Å²) in [4.78, 5) is 16.7. The van der Waals surface area contributed by atoms with Crippen molar-refractivity contribution >= 4 is 5.91 Å². The van der Waals surface area contributed by atoms with Crippen molar-refractivity contribution in [2.75, 3.05) is 33.2 Å². The first-order valence-corrected chi connectivity index (χ1v) is 6.25. The van der Waals surface area contributed by atoms with E-state index in [0.717, 1.165) is 31.0 Å². The molecule has 18 heavy (non-hydrogen) atoms. The van der Waals surface area contributed by atoms with Gasteiger partial charge in [0.15, 0.2) is 0 Å². The van der Waals surface area contributed by atoms with Gasteiger partial charge < -0.3 is 15.5 Å². The van der Waals surface area contributed by atoms with Crippen LogP contribution in [0, 0.1) is 13.8 Å². The Balaban J connectivity index is 2.23. The first-order chi connectivity index (χ1) is 8.54. The van der Waals surface area contributed by atoms with Crippen LogP contribution in [0.5, 0.6) is 0 Å². The molecule has 1 aliphatic heterocycles. The average Bonchev–Trinajstić information content (AvgIpc) is 2.68. The average molecular weight is 251 g/mol. The third-order valence-electron chi connectivity index (χ3n) is 3.56. The van der Waals surface area contributed by atoms with Crippen LogP contribution in [0.25, 0.3) is 0 Å². The lowest BCUT2D eigenvalue weighted by atomic mass is 10.1. The van der Waals surface area contributed by atoms with Crippen LogP contribution in [0.2, 0.25) is 0 Å². The summed E-state index contributed by atoms with van der Waals surface area (Å²) >= 11 is 0. The van der Waals surface area contributed by atoms with E-state index in [0.29, 0.717) is 12.1 Å². The highest BCUT2D eigenvalue weighted by Gasteiger charge is 2.30. The molecule has 1 fully saturated rings. The van der Waals surface area contributed by atoms with Crippen molar-refractivity contribution in [3.63, 3.8) is 0 Å². The van der Waals surface area contributed by atoms with Crippen LogP contribution >= 0.6 is 0 Å². The predicted molar refractivity (Wildman–Crippen MR) is 69.4 cm³/mol. The lowest BCUT2D eigenvalue weighted by molar-refractivity contribution is 0.0514. The van der Waals surface area contributed by atoms with Gasteiger partial charge in [-0.15, -0.1) is 0 Å². The van der Waals surface area contributed by atoms with Gasteiger partial charge in [-0.3, -0.25) is 9.89 Å². The second-order valence-corrected chi connectivity index (χ2v) is 4.96. The number of piperazine rings is 1. The molecule has 0 bridgehead atoms. The molecule has 3 N–H and O–H groups in total. The topological polar surface area (TPSA) is 78.2 Å². The van der Waals surface area contributed by atoms with E-state index in [4.69, 9.17) is 5.73 Å². The molecule has 0 spiro atoms. The molecule has 0 radical (unpaired) electrons. The highest BCUT2D eigenvalue weighted by Crippen LogP contribution is 2.17. The zero-order valence-corrected chi connectivity index (χ0v) is 11.2. The van der Waals surface area contributed by atoms with E-state index in [2.05, 4.69) is 22.1 Å². The largest absolute Gasteiger partial charge is 0.332 e. The summed E-state index contributed by atoms with van der Waals surface area (Å²) in [5, 5.41) is 6.94. The van der Waals surface area contributed by atoms with Crippen molar-refractivity contribution in [2.45, 2.75) is 19.9 Å². The zero-order chi connectivity index (χ0) is 13.3. The highest BCUT2D eigenvalue weighted by atomic mass is 16.2. The number of amides is 1. The summed E-state index contributed by atoms with van der Waals surface area (Å²) in [6.45, 7) is 6.66. The normalized spacial score (nSPS) is 21.3. The van der Waals surface area contributed by atoms with Crippen molar-refractivity contribution in [3.05, 3.63) is 17.0 Å². The minimum Gasteiger partial charge on any atom is -0.332 e. The van der Waals surface area contributed by atoms with E-state index >= 15 is 0 Å². The Bertz CT molecular complexity index is 422. The maximum Gasteiger partial charge on any atom is 0.257 e. The van der Waals surface area contributed by atoms with Gasteiger partial charge in [0.25, 0.3) is 5.91 Å². The Morgan fingerprint density at radius 3 is 2.78 bits per heavy atom. The Morgan fingerprint density at radius 1 is 1.50 bits per heavy atom. The van der Waals surface area contributed by atoms with Gasteiger partial charge in [-0.05, 0) is 20.9 Å². The van der Waals surface area contributed by atoms with E-state index in [1.165, 1.54) is 0 Å². The molecular weight excluding hydrogens is 230 g/mol. The van der Waals surface area contributed by atoms with E-state index in [-0.39, 0.29) is 11.9 Å². The molecule has 6 nitrogen and oxygen atoms in total. The SMILES string of the molecule is Cc1n[nH]c(C)c1C(=O)N1CCN(C)CC1CN. The van der Waals surface area contributed by atoms with Crippen LogP contribution in [0.1, 0.15) is 21.7 Å². The number of nitrogens with zero attached hydrogens (tertiary/aromatic N) is 3. The number of nitrogens with one attached hydrogen (secondary N) is 1. The quantitative estimate of drug-likeness (QED) is 0.759. The Hall–Kier alpha value is -1.40. The molecule has 100 valence electrons. The first-order valence-electron chi connectivity index (χ1n) is 6.25. The van der Waals surface area contributed by atoms with Crippen molar-refractivity contribution in [1.82, 2.24) is 20.0 Å². The number of carbonyl (C=O) groups is 1. The second-order valence-electron chi connectivity index (χ2n) is 4.96. The van der Waals surface area contributed by atoms with E-state index in [9.17, 15) is 4.79 Å². The molecule has 2 rings (SSSR count). The van der Waals surface area contributed by atoms with Gasteiger partial charge >= 0.3 is 0 Å². The molecule has 0 aliphatic carbocycles. The molecule has 6 heteroatoms. The van der Waals surface area contributed by atoms with Crippen LogP contribution in [0.3, 0.4) is 0 Å². The fourth-order valence-corrected chi connectivity index (χ4v) is 2.49. The van der Waals surface area contributed by atoms with Crippen molar-refractivity contribution in [2.24, 2.45) is 5.73 Å². The molecule has 0 saturated carbocycles. The molecule has 1 aromatic rings. The number of nitrogens with two attached hydrogens (primary N) is 1. The van der Waals surface area contributed by atoms with Gasteiger partial charge in [-0.25, -0.2) is 0 Å². The minimum absolute atomic E-state index is 0.0438. The number of carbonyl (C=O) groups excluding carboxylic acids is 1. The zero-order valence-electron chi connectivity index (χ0n) is 11.2. The molecule has 2 heterocycles. The van der Waals surface area contributed by atoms with Gasteiger partial charge in [-0.1, -0.05) is 0 Å². The van der Waals surface area contributed by atoms with Crippen molar-refractivity contribution < 1.29 is 4.79 Å². The molecule has 1 aliphatic rings. The lowest BCUT2D eigenvalue weighted by Gasteiger charge is -2.39. The molecule has 1 saturated heterocycles. The summed E-state index contributed by atoms with van der Waals surface area (Å²) in [7, 11) is 2.05. The van der Waals surface area contributed by atoms with Crippen LogP contribution in [-0.4, -0.2) is 65.2 Å². The van der Waals surface area contributed by atoms with Crippen LogP contribution in [-0.2, 0) is 0 Å². The first kappa shape index (κ1) is 13.0. The molecule has 1 atom stereocenters. The van der Waals surface area contributed by atoms with Gasteiger partial charge in [0.1, 0.15) is 0 Å². The van der Waals surface area contributed by atoms with Crippen LogP contribution in [0.15, 0.2) is 0 Å². The number of likely N-dealkylation sites (N-methyl/N-ethyl adjacent to an activating group) is 1. The number of rotatable bonds is 2. The van der Waals surface area contributed by atoms with Gasteiger partial charge in [-0.2, -0.15) is 5.10 Å². The number of H-pyrrole nitrogens is 1. The van der Waals surface area contributed by atoms with Crippen LogP contribution < -0.4 is 5.73 Å². The van der Waals surface area contributed by atoms with E-state index in [1.807, 2.05) is 18.7 Å². The number of aromatic nitrogens is 2. The summed E-state index contributed by atoms with van der Waals surface area (Å²) in [6.07, 6.45) is 0. The number of aryl methyl sites for hydroxylation is 2. The molecular formula is C12H21N5O. The van der Waals surface area contributed by atoms with Crippen LogP contribution in [0.4, 0.5) is 0 Å². The monoisotopic (exact) mass is 251 g/mol. The Kier molecular flexibility index (Phi) is 3.68. The third-order valence-corrected chi connectivity index (χ3v) is 3.56. The molecule has 1 unspecified atom stereocenters. The maximum absolute atomic E-state index is 12.6. The molecule has 1 amide bonds. The standard InChI is InChI=1S/C12H21N5O/c1-8-11(9(2)15-14-8)12(18)17-5-4-16(3)7-10(17)6-13/h10H,4-7,13H2,1-3H3,(H,14,15). The number of hydrogen-bond acceptors (Lipinski definition) is 4. The fraction of sp³-hybridized carbons (Fsp3) is 0.667. The van der Waals surface area contributed by atoms with Gasteiger partial charge in [0.05, 0.1) is 17.3 Å². The van der Waals surface area contributed by atoms with Gasteiger partial charge in [0.2, 0.25) is 0 Å². The minimum atomic E-state index is 0.0438. The van der Waals surface area contributed by atoms with Crippen molar-refractivity contribution in [3.8, 4) is 0 Å². The van der Waals surface area contributed by atoms with E-state index < -0.39 is 0 Å². The molecule has 0 aromatic carbocycles. The van der Waals surface area contributed by atoms with Gasteiger partial charge in [0, 0.05) is 31.9 Å². The fourth-order valence-electron chi connectivity index (χ4n) is 2.49. The summed E-state index contributed by atoms with van der Waals surface area (Å²) in [6, 6.07) is 0.0879. The third kappa shape index (κ3) is 2.26. The lowest BCUT2D eigenvalue weighted by Crippen LogP contribution is -2.56. The highest BCUT2D eigenvalue weighted by molar-refractivity contribution is 5.96. The number of hydrogen-bond donors (Lipinski definition) is 2. The maximum atomic E-state index is 12.6. The Labute approximate surface area is 107 Å². The summed E-state index contributed by atoms with van der Waals surface area (Å²) in [5.41, 5.74) is 8.05. The van der Waals surface area contributed by atoms with E-state index in [1.54, 1.807) is 0 Å².